The molecule has 0 fully saturated rings. The fourth-order valence-corrected chi connectivity index (χ4v) is 1.07. The van der Waals surface area contributed by atoms with E-state index >= 15 is 0 Å². The van der Waals surface area contributed by atoms with Crippen molar-refractivity contribution in [2.75, 3.05) is 19.7 Å². The summed E-state index contributed by atoms with van der Waals surface area (Å²) in [6, 6.07) is 0. The van der Waals surface area contributed by atoms with Crippen LogP contribution in [-0.4, -0.2) is 46.7 Å². The average Bonchev–Trinajstić information content (AvgIpc) is 2.15. The van der Waals surface area contributed by atoms with Crippen LogP contribution in [-0.2, 0) is 9.59 Å². The molecule has 82 valence electrons. The number of carboxylic acids is 1. The van der Waals surface area contributed by atoms with Gasteiger partial charge in [0.1, 0.15) is 0 Å². The molecule has 0 heterocycles. The van der Waals surface area contributed by atoms with E-state index in [1.165, 1.54) is 11.8 Å². The van der Waals surface area contributed by atoms with Crippen LogP contribution in [0.5, 0.6) is 0 Å². The maximum atomic E-state index is 11.3. The molecule has 14 heavy (non-hydrogen) atoms. The summed E-state index contributed by atoms with van der Waals surface area (Å²) in [6.45, 7) is 3.46. The highest BCUT2D eigenvalue weighted by Crippen LogP contribution is 2.02. The van der Waals surface area contributed by atoms with Crippen molar-refractivity contribution in [1.82, 2.24) is 4.90 Å². The Hall–Kier alpha value is -1.10. The number of aliphatic hydroxyl groups excluding tert-OH is 1. The molecule has 0 aromatic carbocycles. The van der Waals surface area contributed by atoms with E-state index in [0.717, 1.165) is 0 Å². The summed E-state index contributed by atoms with van der Waals surface area (Å²) in [6.07, 6.45) is 0.326. The molecule has 0 bridgehead atoms. The third-order valence-corrected chi connectivity index (χ3v) is 1.94. The van der Waals surface area contributed by atoms with Crippen LogP contribution in [0.15, 0.2) is 0 Å². The minimum Gasteiger partial charge on any atom is -0.481 e. The standard InChI is InChI=1S/C9H17NO4/c1-3-8(12)10(4-5-11)6-7(2)9(13)14/h7,11H,3-6H2,1-2H3,(H,13,14). The van der Waals surface area contributed by atoms with Gasteiger partial charge in [-0.05, 0) is 0 Å². The van der Waals surface area contributed by atoms with Gasteiger partial charge in [0.2, 0.25) is 5.91 Å². The number of carbonyl (C=O) groups excluding carboxylic acids is 1. The summed E-state index contributed by atoms with van der Waals surface area (Å²) in [4.78, 5) is 23.2. The Balaban J connectivity index is 4.21. The number of amides is 1. The van der Waals surface area contributed by atoms with Crippen molar-refractivity contribution < 1.29 is 19.8 Å². The smallest absolute Gasteiger partial charge is 0.308 e. The molecule has 0 aliphatic carbocycles. The molecule has 0 aromatic rings. The largest absolute Gasteiger partial charge is 0.481 e. The molecule has 0 aliphatic rings. The zero-order chi connectivity index (χ0) is 11.1. The second-order valence-corrected chi connectivity index (χ2v) is 3.16. The van der Waals surface area contributed by atoms with Gasteiger partial charge in [-0.3, -0.25) is 9.59 Å². The summed E-state index contributed by atoms with van der Waals surface area (Å²) >= 11 is 0. The molecule has 5 nitrogen and oxygen atoms in total. The summed E-state index contributed by atoms with van der Waals surface area (Å²) in [5.74, 6) is -1.67. The van der Waals surface area contributed by atoms with Crippen LogP contribution in [0.1, 0.15) is 20.3 Å². The van der Waals surface area contributed by atoms with Crippen molar-refractivity contribution >= 4 is 11.9 Å². The quantitative estimate of drug-likeness (QED) is 0.634. The number of carbonyl (C=O) groups is 2. The van der Waals surface area contributed by atoms with Gasteiger partial charge in [0.25, 0.3) is 0 Å². The summed E-state index contributed by atoms with van der Waals surface area (Å²) < 4.78 is 0. The molecule has 2 N–H and O–H groups in total. The van der Waals surface area contributed by atoms with Crippen LogP contribution >= 0.6 is 0 Å². The lowest BCUT2D eigenvalue weighted by Crippen LogP contribution is -2.38. The van der Waals surface area contributed by atoms with E-state index in [0.29, 0.717) is 6.42 Å². The molecule has 0 rings (SSSR count). The van der Waals surface area contributed by atoms with Crippen molar-refractivity contribution in [1.29, 1.82) is 0 Å². The lowest BCUT2D eigenvalue weighted by atomic mass is 10.1. The van der Waals surface area contributed by atoms with Gasteiger partial charge in [-0.1, -0.05) is 13.8 Å². The Kier molecular flexibility index (Phi) is 5.87. The molecule has 0 aliphatic heterocycles. The van der Waals surface area contributed by atoms with Gasteiger partial charge in [-0.25, -0.2) is 0 Å². The van der Waals surface area contributed by atoms with Crippen LogP contribution < -0.4 is 0 Å². The topological polar surface area (TPSA) is 77.8 Å². The highest BCUT2D eigenvalue weighted by Gasteiger charge is 2.18. The molecule has 0 saturated heterocycles. The van der Waals surface area contributed by atoms with Gasteiger partial charge in [-0.15, -0.1) is 0 Å². The number of hydrogen-bond donors (Lipinski definition) is 2. The van der Waals surface area contributed by atoms with Crippen LogP contribution in [0.3, 0.4) is 0 Å². The molecule has 5 heteroatoms. The SMILES string of the molecule is CCC(=O)N(CCO)CC(C)C(=O)O. The van der Waals surface area contributed by atoms with Gasteiger partial charge in [0, 0.05) is 19.5 Å². The predicted molar refractivity (Wildman–Crippen MR) is 50.8 cm³/mol. The molecular weight excluding hydrogens is 186 g/mol. The molecular formula is C9H17NO4. The third kappa shape index (κ3) is 4.23. The van der Waals surface area contributed by atoms with Crippen LogP contribution in [0.25, 0.3) is 0 Å². The zero-order valence-corrected chi connectivity index (χ0v) is 8.56. The van der Waals surface area contributed by atoms with Gasteiger partial charge < -0.3 is 15.1 Å². The van der Waals surface area contributed by atoms with Crippen LogP contribution in [0, 0.1) is 5.92 Å². The normalized spacial score (nSPS) is 12.2. The number of carboxylic acid groups (broad SMARTS) is 1. The number of hydrogen-bond acceptors (Lipinski definition) is 3. The Labute approximate surface area is 83.3 Å². The fraction of sp³-hybridized carbons (Fsp3) is 0.778. The van der Waals surface area contributed by atoms with E-state index in [2.05, 4.69) is 0 Å². The fourth-order valence-electron chi connectivity index (χ4n) is 1.07. The van der Waals surface area contributed by atoms with E-state index in [1.807, 2.05) is 0 Å². The van der Waals surface area contributed by atoms with Crippen molar-refractivity contribution in [2.24, 2.45) is 5.92 Å². The number of aliphatic hydroxyl groups is 1. The zero-order valence-electron chi connectivity index (χ0n) is 8.56. The number of aliphatic carboxylic acids is 1. The molecule has 0 radical (unpaired) electrons. The molecule has 0 saturated carbocycles. The Morgan fingerprint density at radius 1 is 1.43 bits per heavy atom. The Morgan fingerprint density at radius 3 is 2.36 bits per heavy atom. The van der Waals surface area contributed by atoms with Gasteiger partial charge in [0.15, 0.2) is 0 Å². The molecule has 1 amide bonds. The van der Waals surface area contributed by atoms with Crippen LogP contribution in [0.2, 0.25) is 0 Å². The van der Waals surface area contributed by atoms with E-state index in [1.54, 1.807) is 6.92 Å². The highest BCUT2D eigenvalue weighted by molar-refractivity contribution is 5.77. The van der Waals surface area contributed by atoms with Crippen LogP contribution in [0.4, 0.5) is 0 Å². The number of nitrogens with zero attached hydrogens (tertiary/aromatic N) is 1. The molecule has 0 spiro atoms. The summed E-state index contributed by atoms with van der Waals surface area (Å²) in [5, 5.41) is 17.3. The van der Waals surface area contributed by atoms with E-state index < -0.39 is 11.9 Å². The van der Waals surface area contributed by atoms with E-state index in [-0.39, 0.29) is 25.6 Å². The first-order valence-corrected chi connectivity index (χ1v) is 4.64. The minimum absolute atomic E-state index is 0.132. The monoisotopic (exact) mass is 203 g/mol. The first kappa shape index (κ1) is 12.9. The minimum atomic E-state index is -0.933. The van der Waals surface area contributed by atoms with Crippen molar-refractivity contribution in [3.8, 4) is 0 Å². The Morgan fingerprint density at radius 2 is 2.00 bits per heavy atom. The van der Waals surface area contributed by atoms with Crippen molar-refractivity contribution in [3.63, 3.8) is 0 Å². The van der Waals surface area contributed by atoms with Gasteiger partial charge >= 0.3 is 5.97 Å². The molecule has 1 unspecified atom stereocenters. The predicted octanol–water partition coefficient (Wildman–Crippen LogP) is -0.0620. The second-order valence-electron chi connectivity index (χ2n) is 3.16. The summed E-state index contributed by atoms with van der Waals surface area (Å²) in [7, 11) is 0. The van der Waals surface area contributed by atoms with E-state index in [4.69, 9.17) is 10.2 Å². The Bertz CT molecular complexity index is 205. The maximum absolute atomic E-state index is 11.3. The average molecular weight is 203 g/mol. The van der Waals surface area contributed by atoms with Gasteiger partial charge in [0.05, 0.1) is 12.5 Å². The summed E-state index contributed by atoms with van der Waals surface area (Å²) in [5.41, 5.74) is 0. The number of rotatable bonds is 6. The lowest BCUT2D eigenvalue weighted by molar-refractivity contribution is -0.143. The highest BCUT2D eigenvalue weighted by atomic mass is 16.4. The molecule has 0 aromatic heterocycles. The van der Waals surface area contributed by atoms with Crippen molar-refractivity contribution in [2.45, 2.75) is 20.3 Å². The second kappa shape index (κ2) is 6.37. The van der Waals surface area contributed by atoms with E-state index in [9.17, 15) is 9.59 Å². The first-order chi connectivity index (χ1) is 6.52. The lowest BCUT2D eigenvalue weighted by Gasteiger charge is -2.22. The first-order valence-electron chi connectivity index (χ1n) is 4.64. The maximum Gasteiger partial charge on any atom is 0.308 e. The molecule has 1 atom stereocenters. The third-order valence-electron chi connectivity index (χ3n) is 1.94. The van der Waals surface area contributed by atoms with Gasteiger partial charge in [-0.2, -0.15) is 0 Å². The van der Waals surface area contributed by atoms with Crippen molar-refractivity contribution in [3.05, 3.63) is 0 Å².